The van der Waals surface area contributed by atoms with Crippen molar-refractivity contribution < 1.29 is 4.79 Å². The maximum Gasteiger partial charge on any atom is 0.241 e. The van der Waals surface area contributed by atoms with Gasteiger partial charge in [-0.3, -0.25) is 9.78 Å². The number of hydrogen-bond acceptors (Lipinski definition) is 3. The number of carbonyl (C=O) groups excluding carboxylic acids is 1. The zero-order valence-corrected chi connectivity index (χ0v) is 14.7. The van der Waals surface area contributed by atoms with Crippen molar-refractivity contribution in [3.63, 3.8) is 0 Å². The molecule has 3 aromatic rings. The summed E-state index contributed by atoms with van der Waals surface area (Å²) in [7, 11) is 0. The second kappa shape index (κ2) is 7.52. The minimum absolute atomic E-state index is 0.0838. The monoisotopic (exact) mass is 346 g/mol. The molecule has 0 aliphatic heterocycles. The number of hydrazone groups is 1. The van der Waals surface area contributed by atoms with Gasteiger partial charge in [0.15, 0.2) is 0 Å². The van der Waals surface area contributed by atoms with Crippen LogP contribution >= 0.6 is 0 Å². The number of carbonyl (C=O) groups is 1. The van der Waals surface area contributed by atoms with E-state index in [0.717, 1.165) is 18.5 Å². The molecule has 4 rings (SSSR count). The summed E-state index contributed by atoms with van der Waals surface area (Å²) in [6.45, 7) is 0.681. The van der Waals surface area contributed by atoms with Crippen LogP contribution in [0.5, 0.6) is 0 Å². The van der Waals surface area contributed by atoms with Crippen molar-refractivity contribution in [3.8, 4) is 0 Å². The standard InChI is InChI=1S/C21H22N4O/c26-21(24-23-15-16-7-5-6-13-22-16)12-14-25-19-10-3-1-8-17(19)18-9-2-4-11-20(18)25/h1,3,5-8,10,13,15H,2,4,9,11-12,14H2,(H,24,26)/b23-15+. The van der Waals surface area contributed by atoms with E-state index in [2.05, 4.69) is 44.3 Å². The van der Waals surface area contributed by atoms with Gasteiger partial charge in [-0.15, -0.1) is 0 Å². The second-order valence-electron chi connectivity index (χ2n) is 6.60. The first kappa shape index (κ1) is 16.5. The van der Waals surface area contributed by atoms with Gasteiger partial charge in [-0.1, -0.05) is 24.3 Å². The van der Waals surface area contributed by atoms with E-state index in [0.29, 0.717) is 13.0 Å². The Hall–Kier alpha value is -2.95. The average molecular weight is 346 g/mol. The summed E-state index contributed by atoms with van der Waals surface area (Å²) < 4.78 is 2.33. The van der Waals surface area contributed by atoms with Crippen LogP contribution in [0.2, 0.25) is 0 Å². The van der Waals surface area contributed by atoms with Gasteiger partial charge >= 0.3 is 0 Å². The SMILES string of the molecule is O=C(CCn1c2c(c3ccccc31)CCCC2)N/N=C/c1ccccn1. The maximum atomic E-state index is 12.2. The fourth-order valence-corrected chi connectivity index (χ4v) is 3.73. The number of nitrogens with one attached hydrogen (secondary N) is 1. The first-order chi connectivity index (χ1) is 12.8. The van der Waals surface area contributed by atoms with Gasteiger partial charge in [0.05, 0.1) is 11.9 Å². The van der Waals surface area contributed by atoms with E-state index in [4.69, 9.17) is 0 Å². The highest BCUT2D eigenvalue weighted by Crippen LogP contribution is 2.32. The number of rotatable bonds is 5. The molecule has 5 nitrogen and oxygen atoms in total. The molecule has 1 aromatic carbocycles. The van der Waals surface area contributed by atoms with E-state index in [-0.39, 0.29) is 5.91 Å². The third kappa shape index (κ3) is 3.38. The predicted molar refractivity (Wildman–Crippen MR) is 103 cm³/mol. The zero-order chi connectivity index (χ0) is 17.8. The molecule has 1 amide bonds. The Balaban J connectivity index is 1.45. The van der Waals surface area contributed by atoms with Crippen LogP contribution in [0.25, 0.3) is 10.9 Å². The third-order valence-corrected chi connectivity index (χ3v) is 4.92. The molecule has 1 aliphatic carbocycles. The second-order valence-corrected chi connectivity index (χ2v) is 6.60. The van der Waals surface area contributed by atoms with Crippen molar-refractivity contribution in [1.82, 2.24) is 15.0 Å². The average Bonchev–Trinajstić information content (AvgIpc) is 3.01. The van der Waals surface area contributed by atoms with E-state index in [9.17, 15) is 4.79 Å². The highest BCUT2D eigenvalue weighted by Gasteiger charge is 2.19. The first-order valence-corrected chi connectivity index (χ1v) is 9.15. The van der Waals surface area contributed by atoms with Gasteiger partial charge in [0.1, 0.15) is 0 Å². The molecule has 0 saturated heterocycles. The summed E-state index contributed by atoms with van der Waals surface area (Å²) >= 11 is 0. The van der Waals surface area contributed by atoms with Crippen LogP contribution in [-0.2, 0) is 24.2 Å². The molecular formula is C21H22N4O. The summed E-state index contributed by atoms with van der Waals surface area (Å²) in [6, 6.07) is 14.1. The lowest BCUT2D eigenvalue weighted by atomic mass is 9.95. The fourth-order valence-electron chi connectivity index (χ4n) is 3.73. The van der Waals surface area contributed by atoms with Crippen LogP contribution in [0.15, 0.2) is 53.8 Å². The van der Waals surface area contributed by atoms with Gasteiger partial charge < -0.3 is 4.57 Å². The molecule has 0 fully saturated rings. The molecule has 26 heavy (non-hydrogen) atoms. The van der Waals surface area contributed by atoms with Gasteiger partial charge in [-0.25, -0.2) is 5.43 Å². The van der Waals surface area contributed by atoms with E-state index in [1.807, 2.05) is 18.2 Å². The number of fused-ring (bicyclic) bond motifs is 3. The molecule has 0 saturated carbocycles. The minimum atomic E-state index is -0.0838. The largest absolute Gasteiger partial charge is 0.344 e. The lowest BCUT2D eigenvalue weighted by molar-refractivity contribution is -0.121. The smallest absolute Gasteiger partial charge is 0.241 e. The predicted octanol–water partition coefficient (Wildman–Crippen LogP) is 3.46. The van der Waals surface area contributed by atoms with E-state index in [1.165, 1.54) is 35.0 Å². The number of aromatic nitrogens is 2. The summed E-state index contributed by atoms with van der Waals surface area (Å²) in [6.07, 6.45) is 8.39. The number of amides is 1. The van der Waals surface area contributed by atoms with Crippen LogP contribution in [0.1, 0.15) is 36.2 Å². The van der Waals surface area contributed by atoms with Crippen molar-refractivity contribution in [2.24, 2.45) is 5.10 Å². The zero-order valence-electron chi connectivity index (χ0n) is 14.7. The van der Waals surface area contributed by atoms with Gasteiger partial charge in [-0.05, 0) is 49.4 Å². The molecule has 0 unspecified atom stereocenters. The van der Waals surface area contributed by atoms with Crippen molar-refractivity contribution >= 4 is 23.0 Å². The van der Waals surface area contributed by atoms with Gasteiger partial charge in [0, 0.05) is 35.8 Å². The number of para-hydroxylation sites is 1. The summed E-state index contributed by atoms with van der Waals surface area (Å²) in [4.78, 5) is 16.3. The molecule has 0 spiro atoms. The number of benzene rings is 1. The molecule has 0 radical (unpaired) electrons. The maximum absolute atomic E-state index is 12.2. The van der Waals surface area contributed by atoms with Crippen LogP contribution in [0.3, 0.4) is 0 Å². The van der Waals surface area contributed by atoms with Crippen LogP contribution in [0, 0.1) is 0 Å². The number of nitrogens with zero attached hydrogens (tertiary/aromatic N) is 3. The van der Waals surface area contributed by atoms with Crippen molar-refractivity contribution in [1.29, 1.82) is 0 Å². The number of aryl methyl sites for hydroxylation is 2. The van der Waals surface area contributed by atoms with Crippen molar-refractivity contribution in [3.05, 3.63) is 65.6 Å². The Morgan fingerprint density at radius 2 is 2.00 bits per heavy atom. The molecule has 132 valence electrons. The Labute approximate surface area is 152 Å². The molecule has 1 aliphatic rings. The fraction of sp³-hybridized carbons (Fsp3) is 0.286. The summed E-state index contributed by atoms with van der Waals surface area (Å²) in [5.41, 5.74) is 7.44. The minimum Gasteiger partial charge on any atom is -0.344 e. The highest BCUT2D eigenvalue weighted by atomic mass is 16.2. The summed E-state index contributed by atoms with van der Waals surface area (Å²) in [5.74, 6) is -0.0838. The Morgan fingerprint density at radius 1 is 1.15 bits per heavy atom. The molecular weight excluding hydrogens is 324 g/mol. The molecule has 5 heteroatoms. The Morgan fingerprint density at radius 3 is 2.88 bits per heavy atom. The lowest BCUT2D eigenvalue weighted by Crippen LogP contribution is -2.20. The van der Waals surface area contributed by atoms with Crippen molar-refractivity contribution in [2.45, 2.75) is 38.6 Å². The Bertz CT molecular complexity index is 943. The Kier molecular flexibility index (Phi) is 4.78. The van der Waals surface area contributed by atoms with E-state index < -0.39 is 0 Å². The van der Waals surface area contributed by atoms with Crippen LogP contribution in [-0.4, -0.2) is 21.7 Å². The van der Waals surface area contributed by atoms with Crippen LogP contribution < -0.4 is 5.43 Å². The first-order valence-electron chi connectivity index (χ1n) is 9.15. The van der Waals surface area contributed by atoms with Gasteiger partial charge in [-0.2, -0.15) is 5.10 Å². The van der Waals surface area contributed by atoms with E-state index >= 15 is 0 Å². The summed E-state index contributed by atoms with van der Waals surface area (Å²) in [5, 5.41) is 5.34. The van der Waals surface area contributed by atoms with Gasteiger partial charge in [0.2, 0.25) is 5.91 Å². The quantitative estimate of drug-likeness (QED) is 0.568. The highest BCUT2D eigenvalue weighted by molar-refractivity contribution is 5.86. The van der Waals surface area contributed by atoms with Gasteiger partial charge in [0.25, 0.3) is 0 Å². The van der Waals surface area contributed by atoms with E-state index in [1.54, 1.807) is 12.4 Å². The topological polar surface area (TPSA) is 59.3 Å². The number of hydrogen-bond donors (Lipinski definition) is 1. The molecule has 0 bridgehead atoms. The lowest BCUT2D eigenvalue weighted by Gasteiger charge is -2.15. The third-order valence-electron chi connectivity index (χ3n) is 4.92. The normalized spacial score (nSPS) is 13.8. The van der Waals surface area contributed by atoms with Crippen molar-refractivity contribution in [2.75, 3.05) is 0 Å². The number of pyridine rings is 1. The molecule has 0 atom stereocenters. The molecule has 2 aromatic heterocycles. The molecule has 1 N–H and O–H groups in total. The van der Waals surface area contributed by atoms with Crippen LogP contribution in [0.4, 0.5) is 0 Å². The molecule has 2 heterocycles.